The van der Waals surface area contributed by atoms with Crippen LogP contribution in [0.2, 0.25) is 0 Å². The number of nitriles is 1. The van der Waals surface area contributed by atoms with Crippen LogP contribution in [-0.4, -0.2) is 41.1 Å². The molecule has 1 aromatic rings. The van der Waals surface area contributed by atoms with Gasteiger partial charge in [-0.25, -0.2) is 4.79 Å². The van der Waals surface area contributed by atoms with Crippen molar-refractivity contribution in [3.63, 3.8) is 0 Å². The molecule has 2 unspecified atom stereocenters. The summed E-state index contributed by atoms with van der Waals surface area (Å²) in [4.78, 5) is 24.7. The number of hydrogen-bond acceptors (Lipinski definition) is 4. The molecule has 6 heteroatoms. The molecule has 2 rings (SSSR count). The molecule has 0 saturated carbocycles. The third kappa shape index (κ3) is 2.49. The van der Waals surface area contributed by atoms with Crippen LogP contribution in [0, 0.1) is 11.3 Å². The maximum atomic E-state index is 11.9. The molecule has 1 heterocycles. The van der Waals surface area contributed by atoms with Crippen LogP contribution in [0.1, 0.15) is 24.1 Å². The number of nitrogens with zero attached hydrogens (tertiary/aromatic N) is 2. The van der Waals surface area contributed by atoms with Gasteiger partial charge in [0, 0.05) is 6.54 Å². The smallest absolute Gasteiger partial charge is 0.335 e. The number of likely N-dealkylation sites (N-methyl/N-ethyl adjacent to an activating group) is 1. The standard InChI is InChI=1S/C14H14N2O4/c1-2-16-11(17)8-20-13(14(18)19)12(16)10-5-3-4-9(6-10)7-15/h3-6,12-13H,2,8H2,1H3,(H,18,19). The third-order valence-electron chi connectivity index (χ3n) is 3.27. The average molecular weight is 274 g/mol. The molecule has 0 spiro atoms. The number of morpholine rings is 1. The Balaban J connectivity index is 2.47. The quantitative estimate of drug-likeness (QED) is 0.885. The second-order valence-electron chi connectivity index (χ2n) is 4.43. The molecule has 1 aliphatic rings. The van der Waals surface area contributed by atoms with E-state index in [0.717, 1.165) is 0 Å². The molecule has 2 atom stereocenters. The molecular weight excluding hydrogens is 260 g/mol. The highest BCUT2D eigenvalue weighted by molar-refractivity contribution is 5.83. The molecule has 6 nitrogen and oxygen atoms in total. The van der Waals surface area contributed by atoms with E-state index in [4.69, 9.17) is 10.00 Å². The number of aliphatic carboxylic acids is 1. The number of amides is 1. The molecule has 1 aromatic carbocycles. The van der Waals surface area contributed by atoms with Crippen molar-refractivity contribution in [3.8, 4) is 6.07 Å². The lowest BCUT2D eigenvalue weighted by molar-refractivity contribution is -0.172. The third-order valence-corrected chi connectivity index (χ3v) is 3.27. The predicted molar refractivity (Wildman–Crippen MR) is 68.7 cm³/mol. The van der Waals surface area contributed by atoms with Gasteiger partial charge >= 0.3 is 5.97 Å². The van der Waals surface area contributed by atoms with Crippen LogP contribution in [0.5, 0.6) is 0 Å². The van der Waals surface area contributed by atoms with E-state index in [0.29, 0.717) is 17.7 Å². The van der Waals surface area contributed by atoms with Gasteiger partial charge in [-0.15, -0.1) is 0 Å². The Kier molecular flexibility index (Phi) is 4.01. The molecular formula is C14H14N2O4. The lowest BCUT2D eigenvalue weighted by atomic mass is 9.96. The number of hydrogen-bond donors (Lipinski definition) is 1. The zero-order chi connectivity index (χ0) is 14.7. The van der Waals surface area contributed by atoms with Crippen molar-refractivity contribution in [1.82, 2.24) is 4.90 Å². The maximum absolute atomic E-state index is 11.9. The second kappa shape index (κ2) is 5.72. The van der Waals surface area contributed by atoms with Crippen LogP contribution in [0.15, 0.2) is 24.3 Å². The van der Waals surface area contributed by atoms with Crippen molar-refractivity contribution >= 4 is 11.9 Å². The Labute approximate surface area is 116 Å². The van der Waals surface area contributed by atoms with Crippen molar-refractivity contribution in [3.05, 3.63) is 35.4 Å². The highest BCUT2D eigenvalue weighted by atomic mass is 16.5. The minimum atomic E-state index is -1.12. The molecule has 1 aliphatic heterocycles. The Morgan fingerprint density at radius 3 is 2.95 bits per heavy atom. The molecule has 1 saturated heterocycles. The first kappa shape index (κ1) is 14.0. The molecule has 1 amide bonds. The van der Waals surface area contributed by atoms with Gasteiger partial charge in [0.25, 0.3) is 0 Å². The van der Waals surface area contributed by atoms with Crippen molar-refractivity contribution < 1.29 is 19.4 Å². The van der Waals surface area contributed by atoms with Crippen LogP contribution >= 0.6 is 0 Å². The van der Waals surface area contributed by atoms with Crippen LogP contribution in [0.25, 0.3) is 0 Å². The highest BCUT2D eigenvalue weighted by Gasteiger charge is 2.41. The molecule has 0 aliphatic carbocycles. The number of carboxylic acid groups (broad SMARTS) is 1. The van der Waals surface area contributed by atoms with Crippen LogP contribution in [0.4, 0.5) is 0 Å². The molecule has 0 bridgehead atoms. The summed E-state index contributed by atoms with van der Waals surface area (Å²) in [6, 6.07) is 7.87. The van der Waals surface area contributed by atoms with Crippen LogP contribution in [-0.2, 0) is 14.3 Å². The van der Waals surface area contributed by atoms with E-state index in [-0.39, 0.29) is 12.5 Å². The predicted octanol–water partition coefficient (Wildman–Crippen LogP) is 0.931. The van der Waals surface area contributed by atoms with Crippen molar-refractivity contribution in [2.45, 2.75) is 19.1 Å². The largest absolute Gasteiger partial charge is 0.479 e. The summed E-state index contributed by atoms with van der Waals surface area (Å²) in [6.45, 7) is 1.93. The molecule has 0 radical (unpaired) electrons. The van der Waals surface area contributed by atoms with E-state index in [9.17, 15) is 14.7 Å². The summed E-state index contributed by atoms with van der Waals surface area (Å²) < 4.78 is 5.15. The van der Waals surface area contributed by atoms with Crippen molar-refractivity contribution in [1.29, 1.82) is 5.26 Å². The normalized spacial score (nSPS) is 22.4. The topological polar surface area (TPSA) is 90.6 Å². The summed E-state index contributed by atoms with van der Waals surface area (Å²) in [5.41, 5.74) is 1.01. The Hall–Kier alpha value is -2.39. The first-order valence-electron chi connectivity index (χ1n) is 6.22. The summed E-state index contributed by atoms with van der Waals surface area (Å²) in [7, 11) is 0. The van der Waals surface area contributed by atoms with E-state index >= 15 is 0 Å². The van der Waals surface area contributed by atoms with Gasteiger partial charge in [0.15, 0.2) is 6.10 Å². The fourth-order valence-electron chi connectivity index (χ4n) is 2.38. The maximum Gasteiger partial charge on any atom is 0.335 e. The minimum Gasteiger partial charge on any atom is -0.479 e. The van der Waals surface area contributed by atoms with Gasteiger partial charge in [-0.1, -0.05) is 12.1 Å². The number of carbonyl (C=O) groups is 2. The summed E-state index contributed by atoms with van der Waals surface area (Å²) in [6.07, 6.45) is -1.12. The molecule has 1 fully saturated rings. The minimum absolute atomic E-state index is 0.237. The molecule has 104 valence electrons. The SMILES string of the molecule is CCN1C(=O)COC(C(=O)O)C1c1cccc(C#N)c1. The summed E-state index contributed by atoms with van der Waals surface area (Å²) in [5.74, 6) is -1.37. The number of ether oxygens (including phenoxy) is 1. The van der Waals surface area contributed by atoms with E-state index < -0.39 is 18.1 Å². The fourth-order valence-corrected chi connectivity index (χ4v) is 2.38. The average Bonchev–Trinajstić information content (AvgIpc) is 2.46. The van der Waals surface area contributed by atoms with Gasteiger partial charge < -0.3 is 14.7 Å². The zero-order valence-corrected chi connectivity index (χ0v) is 10.9. The van der Waals surface area contributed by atoms with E-state index in [1.165, 1.54) is 4.90 Å². The van der Waals surface area contributed by atoms with E-state index in [2.05, 4.69) is 0 Å². The summed E-state index contributed by atoms with van der Waals surface area (Å²) >= 11 is 0. The number of carbonyl (C=O) groups excluding carboxylic acids is 1. The van der Waals surface area contributed by atoms with E-state index in [1.54, 1.807) is 31.2 Å². The molecule has 20 heavy (non-hydrogen) atoms. The molecule has 0 aromatic heterocycles. The lowest BCUT2D eigenvalue weighted by Gasteiger charge is -2.38. The number of rotatable bonds is 3. The molecule has 1 N–H and O–H groups in total. The highest BCUT2D eigenvalue weighted by Crippen LogP contribution is 2.30. The Bertz CT molecular complexity index is 577. The van der Waals surface area contributed by atoms with Gasteiger partial charge in [-0.05, 0) is 24.6 Å². The van der Waals surface area contributed by atoms with Gasteiger partial charge in [0.05, 0.1) is 17.7 Å². The van der Waals surface area contributed by atoms with Crippen LogP contribution < -0.4 is 0 Å². The first-order valence-corrected chi connectivity index (χ1v) is 6.22. The van der Waals surface area contributed by atoms with Crippen LogP contribution in [0.3, 0.4) is 0 Å². The fraction of sp³-hybridized carbons (Fsp3) is 0.357. The first-order chi connectivity index (χ1) is 9.58. The van der Waals surface area contributed by atoms with Gasteiger partial charge in [-0.3, -0.25) is 4.79 Å². The number of carboxylic acids is 1. The Morgan fingerprint density at radius 1 is 1.60 bits per heavy atom. The second-order valence-corrected chi connectivity index (χ2v) is 4.43. The summed E-state index contributed by atoms with van der Waals surface area (Å²) in [5, 5.41) is 18.2. The van der Waals surface area contributed by atoms with Gasteiger partial charge in [0.1, 0.15) is 6.61 Å². The van der Waals surface area contributed by atoms with Crippen molar-refractivity contribution in [2.75, 3.05) is 13.2 Å². The lowest BCUT2D eigenvalue weighted by Crippen LogP contribution is -2.51. The van der Waals surface area contributed by atoms with Gasteiger partial charge in [-0.2, -0.15) is 5.26 Å². The zero-order valence-electron chi connectivity index (χ0n) is 10.9. The Morgan fingerprint density at radius 2 is 2.35 bits per heavy atom. The van der Waals surface area contributed by atoms with E-state index in [1.807, 2.05) is 6.07 Å². The number of benzene rings is 1. The monoisotopic (exact) mass is 274 g/mol. The van der Waals surface area contributed by atoms with Crippen molar-refractivity contribution in [2.24, 2.45) is 0 Å². The van der Waals surface area contributed by atoms with Gasteiger partial charge in [0.2, 0.25) is 5.91 Å².